The zero-order valence-electron chi connectivity index (χ0n) is 86.5. The summed E-state index contributed by atoms with van der Waals surface area (Å²) in [5.41, 5.74) is 30.4. The minimum atomic E-state index is -5.24. The van der Waals surface area contributed by atoms with Gasteiger partial charge in [-0.15, -0.1) is 0 Å². The Kier molecular flexibility index (Phi) is 28.5. The molecule has 9 heterocycles. The number of aromatic carboxylic acids is 3. The van der Waals surface area contributed by atoms with Crippen LogP contribution in [0.25, 0.3) is 39.0 Å². The molecule has 0 amide bonds. The number of hydrogen-bond donors (Lipinski definition) is 5. The van der Waals surface area contributed by atoms with Crippen molar-refractivity contribution < 1.29 is 84.5 Å². The molecule has 0 aromatic heterocycles. The predicted octanol–water partition coefficient (Wildman–Crippen LogP) is 19.9. The van der Waals surface area contributed by atoms with E-state index in [0.717, 1.165) is 188 Å². The molecule has 144 heavy (non-hydrogen) atoms. The van der Waals surface area contributed by atoms with Crippen molar-refractivity contribution in [3.05, 3.63) is 332 Å². The van der Waals surface area contributed by atoms with E-state index >= 15 is 0 Å². The standard InChI is InChI=1S/C35H36N2O3.C32H41N2.C30H35NO3.C24H21NO9S2/c1-20(2)21-11-12-24(27(17-21)35(38)39)30-28-18-22-7-3-13-36-15-5-9-25(31(22)36)33(28)40-34-26-10-6-16-37-14-4-8-23(32(26)37)19-29(30)34;1-10-33-27-18-16-23(4)20-25(27)31(6,7)29(33)14-12-11-13-15-30-32(8,9)26-21-24(5)17-19-28(26)34(30)22(2)3;1-7-9-21-15-27-24(12-18(21)5)29(22-11-10-20(17(3)4)14-23(22)30(32)33)25-13-19(6)26(31-8-2)16-28(25)34-27;1-11(2)13-5-7-14(17(10-13)24(26)27)19-15-6-4-12(3)22(35(28,29)30)20(15)34-21-16(19)8-9-18(25)23(21)36(31,32)33/h11-12,17-20H,3-10,13-16H2,1-2H3;11-22H,10H2,1-9H3;10-17,25,29H,7-9H2,1-6H3,(H,32,33);4-11,25H,1-3H3,(H,26,27)(H,28,29,30)(H,31,32,33)/q;+1;;/p+1. The summed E-state index contributed by atoms with van der Waals surface area (Å²) in [6.07, 6.45) is 26.3. The van der Waals surface area contributed by atoms with Crippen LogP contribution in [0.4, 0.5) is 17.1 Å². The number of allylic oxidation sites excluding steroid dienone is 9. The minimum Gasteiger partial charge on any atom is -0.744 e. The van der Waals surface area contributed by atoms with Crippen LogP contribution in [0.3, 0.4) is 0 Å². The molecule has 9 aromatic rings. The van der Waals surface area contributed by atoms with E-state index in [1.54, 1.807) is 6.07 Å². The Balaban J connectivity index is 0.000000132. The minimum absolute atomic E-state index is 0.00154. The lowest BCUT2D eigenvalue weighted by molar-refractivity contribution is -0.451. The summed E-state index contributed by atoms with van der Waals surface area (Å²) in [6, 6.07) is 45.2. The molecule has 23 heteroatoms. The number of nitrogens with one attached hydrogen (secondary N) is 1. The third kappa shape index (κ3) is 18.9. The summed E-state index contributed by atoms with van der Waals surface area (Å²) in [4.78, 5) is 44.3. The summed E-state index contributed by atoms with van der Waals surface area (Å²) >= 11 is 0. The number of benzene rings is 10. The first-order valence-corrected chi connectivity index (χ1v) is 53.8. The van der Waals surface area contributed by atoms with E-state index < -0.39 is 64.6 Å². The number of rotatable bonds is 19. The molecule has 21 nitrogen and oxygen atoms in total. The number of hydrogen-bond acceptors (Lipinski definition) is 14. The smallest absolute Gasteiger partial charge is 0.336 e. The highest BCUT2D eigenvalue weighted by molar-refractivity contribution is 7.86. The summed E-state index contributed by atoms with van der Waals surface area (Å²) in [6.45, 7) is 48.8. The molecule has 0 saturated heterocycles. The van der Waals surface area contributed by atoms with Gasteiger partial charge in [-0.1, -0.05) is 177 Å². The van der Waals surface area contributed by atoms with E-state index in [0.29, 0.717) is 22.7 Å². The third-order valence-corrected chi connectivity index (χ3v) is 32.4. The predicted molar refractivity (Wildman–Crippen MR) is 568 cm³/mol. The number of aryl methyl sites for hydroxylation is 7. The first-order valence-electron chi connectivity index (χ1n) is 51.0. The lowest BCUT2D eigenvalue weighted by Crippen LogP contribution is -2.72. The molecule has 9 aromatic carbocycles. The molecule has 2 atom stereocenters. The second kappa shape index (κ2) is 40.1. The highest BCUT2D eigenvalue weighted by atomic mass is 32.2. The Labute approximate surface area is 846 Å². The maximum Gasteiger partial charge on any atom is 0.336 e. The first-order chi connectivity index (χ1) is 68.4. The summed E-state index contributed by atoms with van der Waals surface area (Å²) < 4.78 is 97.2. The Bertz CT molecular complexity index is 7840. The van der Waals surface area contributed by atoms with Gasteiger partial charge in [0.05, 0.1) is 27.7 Å². The SMILES string of the molecule is CC(C)c1ccc(C2=c3cc4c5c(c3Oc3c2cc2c6c3CCCN6CCC2)CCC[N+]=5CCC4)c(C(=O)O)c1.CCCc1cc2c(cc1C)C(c1ccc(C(C)C)cc1C(=O)O)C1C=C(C)C(=[NH+]CC)C=C1O2.CC[N+]1=C(C=CC=CC=C2N(C(C)C)c3ccc(C)cc3C2(C)C)C(C)(C)c2cc(C)ccc21.Cc1ccc2c(-c3ccc(C(C)C)cc3C(=O)O)c3ccc(=[NH2+])c(S(=O)(=O)[O-])c-3oc2c1S(=O)(=O)[O-]. The van der Waals surface area contributed by atoms with Crippen LogP contribution in [-0.2, 0) is 63.2 Å². The van der Waals surface area contributed by atoms with Crippen LogP contribution in [0, 0.1) is 33.6 Å². The number of fused-ring (bicyclic) bond motifs is 10. The van der Waals surface area contributed by atoms with Crippen molar-refractivity contribution in [1.82, 2.24) is 4.58 Å². The summed E-state index contributed by atoms with van der Waals surface area (Å²) in [7, 11) is -10.4. The van der Waals surface area contributed by atoms with Gasteiger partial charge in [0.2, 0.25) is 22.1 Å². The number of carboxylic acid groups (broad SMARTS) is 3. The average molecular weight is 1980 g/mol. The van der Waals surface area contributed by atoms with Crippen LogP contribution in [0.15, 0.2) is 213 Å². The Morgan fingerprint density at radius 3 is 1.85 bits per heavy atom. The van der Waals surface area contributed by atoms with Gasteiger partial charge >= 0.3 is 17.9 Å². The third-order valence-electron chi connectivity index (χ3n) is 30.5. The molecule has 2 unspecified atom stereocenters. The number of anilines is 2. The van der Waals surface area contributed by atoms with Crippen LogP contribution in [0.2, 0.25) is 0 Å². The van der Waals surface area contributed by atoms with Gasteiger partial charge in [0.1, 0.15) is 74.3 Å². The van der Waals surface area contributed by atoms with E-state index in [-0.39, 0.29) is 73.6 Å². The van der Waals surface area contributed by atoms with E-state index in [9.17, 15) is 55.6 Å². The lowest BCUT2D eigenvalue weighted by atomic mass is 9.72. The molecule has 6 N–H and O–H groups in total. The highest BCUT2D eigenvalue weighted by Gasteiger charge is 2.47. The Morgan fingerprint density at radius 2 is 1.21 bits per heavy atom. The number of nitrogens with two attached hydrogens (primary N) is 1. The summed E-state index contributed by atoms with van der Waals surface area (Å²) in [5, 5.41) is 38.5. The molecule has 0 saturated carbocycles. The van der Waals surface area contributed by atoms with Crippen molar-refractivity contribution in [2.75, 3.05) is 49.1 Å². The van der Waals surface area contributed by atoms with Gasteiger partial charge in [0.25, 0.3) is 0 Å². The molecule has 0 spiro atoms. The van der Waals surface area contributed by atoms with Crippen molar-refractivity contribution in [1.29, 1.82) is 0 Å². The van der Waals surface area contributed by atoms with Gasteiger partial charge in [0, 0.05) is 151 Å². The fourth-order valence-electron chi connectivity index (χ4n) is 23.4. The van der Waals surface area contributed by atoms with Crippen LogP contribution >= 0.6 is 0 Å². The zero-order chi connectivity index (χ0) is 103. The molecule has 0 radical (unpaired) electrons. The molecule has 0 fully saturated rings. The Morgan fingerprint density at radius 1 is 0.597 bits per heavy atom. The fourth-order valence-corrected chi connectivity index (χ4v) is 24.9. The van der Waals surface area contributed by atoms with E-state index in [1.165, 1.54) is 127 Å². The van der Waals surface area contributed by atoms with E-state index in [1.807, 2.05) is 32.0 Å². The highest BCUT2D eigenvalue weighted by Crippen LogP contribution is 2.55. The average Bonchev–Trinajstić information content (AvgIpc) is 0.986. The maximum atomic E-state index is 12.8. The molecular formula is C121H134N6O15S2+2. The Hall–Kier alpha value is -13.2. The number of carboxylic acids is 3. The monoisotopic (exact) mass is 1970 g/mol. The van der Waals surface area contributed by atoms with Gasteiger partial charge < -0.3 is 48.1 Å². The number of ether oxygens (including phenoxy) is 2. The van der Waals surface area contributed by atoms with Gasteiger partial charge in [-0.25, -0.2) is 40.8 Å². The molecular weight excluding hydrogens is 1840 g/mol. The van der Waals surface area contributed by atoms with Crippen LogP contribution in [-0.4, -0.2) is 120 Å². The fraction of sp³-hybridized carbons (Fsp3) is 0.364. The molecule has 0 bridgehead atoms. The van der Waals surface area contributed by atoms with Crippen molar-refractivity contribution in [2.24, 2.45) is 5.92 Å². The summed E-state index contributed by atoms with van der Waals surface area (Å²) in [5.74, 6) is 0.332. The van der Waals surface area contributed by atoms with Gasteiger partial charge in [-0.05, 0) is 261 Å². The van der Waals surface area contributed by atoms with Gasteiger partial charge in [0.15, 0.2) is 22.0 Å². The van der Waals surface area contributed by atoms with Crippen molar-refractivity contribution >= 4 is 83.2 Å². The molecule has 11 aliphatic rings. The molecule has 9 aliphatic heterocycles. The number of carbonyl (C=O) groups is 3. The van der Waals surface area contributed by atoms with Crippen molar-refractivity contribution in [3.8, 4) is 39.7 Å². The van der Waals surface area contributed by atoms with Gasteiger partial charge in [-0.3, -0.25) is 5.41 Å². The normalized spacial score (nSPS) is 17.8. The quantitative estimate of drug-likeness (QED) is 0.0217. The van der Waals surface area contributed by atoms with Crippen LogP contribution in [0.5, 0.6) is 17.2 Å². The van der Waals surface area contributed by atoms with E-state index in [4.69, 9.17) is 19.3 Å². The van der Waals surface area contributed by atoms with Crippen molar-refractivity contribution in [3.63, 3.8) is 0 Å². The second-order valence-electron chi connectivity index (χ2n) is 42.2. The van der Waals surface area contributed by atoms with Crippen LogP contribution < -0.4 is 50.2 Å². The second-order valence-corrected chi connectivity index (χ2v) is 44.8. The van der Waals surface area contributed by atoms with Gasteiger partial charge in [-0.2, -0.15) is 4.58 Å². The maximum absolute atomic E-state index is 12.8. The first kappa shape index (κ1) is 102. The molecule has 2 aliphatic carbocycles. The van der Waals surface area contributed by atoms with Crippen LogP contribution in [0.1, 0.15) is 298 Å². The van der Waals surface area contributed by atoms with E-state index in [2.05, 4.69) is 263 Å². The zero-order valence-corrected chi connectivity index (χ0v) is 88.2. The topological polar surface area (TPSA) is 310 Å². The van der Waals surface area contributed by atoms with Crippen molar-refractivity contribution in [2.45, 2.75) is 253 Å². The largest absolute Gasteiger partial charge is 0.744 e. The molecule has 748 valence electrons. The lowest BCUT2D eigenvalue weighted by Gasteiger charge is -2.39. The molecule has 20 rings (SSSR count). The number of nitrogens with zero attached hydrogens (tertiary/aromatic N) is 4.